The molecule has 2 aromatic heterocycles. The summed E-state index contributed by atoms with van der Waals surface area (Å²) in [5.41, 5.74) is 3.84. The maximum Gasteiger partial charge on any atom is 0.0928 e. The molecule has 1 aliphatic heterocycles. The van der Waals surface area contributed by atoms with E-state index >= 15 is 0 Å². The van der Waals surface area contributed by atoms with Crippen LogP contribution in [0.3, 0.4) is 0 Å². The van der Waals surface area contributed by atoms with Crippen LogP contribution in [0.15, 0.2) is 41.5 Å². The first kappa shape index (κ1) is 18.5. The molecular weight excluding hydrogens is 344 g/mol. The SMILES string of the molecule is C\C1=c2/ccnn/c2=C/C=C\CC(c2ccc3/c(n2)=C(/C)CCCC=N\C=3)C1. The van der Waals surface area contributed by atoms with Gasteiger partial charge in [0.15, 0.2) is 0 Å². The van der Waals surface area contributed by atoms with E-state index in [0.717, 1.165) is 53.7 Å². The normalized spacial score (nSPS) is 27.0. The molecule has 0 saturated heterocycles. The highest BCUT2D eigenvalue weighted by atomic mass is 15.1. The van der Waals surface area contributed by atoms with Crippen LogP contribution in [-0.4, -0.2) is 21.4 Å². The fraction of sp³-hybridized carbons (Fsp3) is 0.333. The van der Waals surface area contributed by atoms with E-state index in [9.17, 15) is 0 Å². The molecule has 4 rings (SSSR count). The lowest BCUT2D eigenvalue weighted by molar-refractivity contribution is 0.688. The maximum atomic E-state index is 5.13. The van der Waals surface area contributed by atoms with Crippen molar-refractivity contribution < 1.29 is 0 Å². The van der Waals surface area contributed by atoms with E-state index in [1.165, 1.54) is 16.4 Å². The summed E-state index contributed by atoms with van der Waals surface area (Å²) in [5, 5.41) is 12.7. The van der Waals surface area contributed by atoms with Crippen molar-refractivity contribution in [1.29, 1.82) is 0 Å². The van der Waals surface area contributed by atoms with E-state index in [-0.39, 0.29) is 0 Å². The van der Waals surface area contributed by atoms with Crippen molar-refractivity contribution in [2.45, 2.75) is 51.9 Å². The van der Waals surface area contributed by atoms with Gasteiger partial charge in [-0.2, -0.15) is 10.2 Å². The van der Waals surface area contributed by atoms with E-state index in [4.69, 9.17) is 4.98 Å². The average Bonchev–Trinajstić information content (AvgIpc) is 2.86. The minimum absolute atomic E-state index is 0.345. The zero-order chi connectivity index (χ0) is 19.3. The van der Waals surface area contributed by atoms with Crippen LogP contribution in [0.4, 0.5) is 0 Å². The largest absolute Gasteiger partial charge is 0.268 e. The molecule has 0 spiro atoms. The van der Waals surface area contributed by atoms with Gasteiger partial charge in [-0.15, -0.1) is 0 Å². The summed E-state index contributed by atoms with van der Waals surface area (Å²) in [6.45, 7) is 4.41. The van der Waals surface area contributed by atoms with Crippen LogP contribution in [0.5, 0.6) is 0 Å². The molecule has 0 N–H and O–H groups in total. The Morgan fingerprint density at radius 2 is 2.00 bits per heavy atom. The van der Waals surface area contributed by atoms with Crippen LogP contribution < -0.4 is 21.1 Å². The first-order valence-corrected chi connectivity index (χ1v) is 10.1. The molecule has 0 aromatic carbocycles. The van der Waals surface area contributed by atoms with Crippen LogP contribution in [0.1, 0.15) is 57.6 Å². The van der Waals surface area contributed by atoms with Crippen molar-refractivity contribution in [3.8, 4) is 0 Å². The fourth-order valence-electron chi connectivity index (χ4n) is 3.96. The number of fused-ring (bicyclic) bond motifs is 2. The van der Waals surface area contributed by atoms with Gasteiger partial charge < -0.3 is 0 Å². The first-order chi connectivity index (χ1) is 13.7. The Morgan fingerprint density at radius 1 is 1.07 bits per heavy atom. The lowest BCUT2D eigenvalue weighted by Gasteiger charge is -2.16. The molecule has 2 aliphatic rings. The molecular formula is C24H26N4. The summed E-state index contributed by atoms with van der Waals surface area (Å²) in [5.74, 6) is 0.345. The van der Waals surface area contributed by atoms with E-state index in [0.29, 0.717) is 5.92 Å². The van der Waals surface area contributed by atoms with Crippen LogP contribution in [-0.2, 0) is 0 Å². The third-order valence-electron chi connectivity index (χ3n) is 5.55. The summed E-state index contributed by atoms with van der Waals surface area (Å²) in [6, 6.07) is 6.42. The van der Waals surface area contributed by atoms with Gasteiger partial charge in [0, 0.05) is 34.5 Å². The van der Waals surface area contributed by atoms with Gasteiger partial charge in [0.1, 0.15) is 0 Å². The zero-order valence-corrected chi connectivity index (χ0v) is 16.6. The summed E-state index contributed by atoms with van der Waals surface area (Å²) in [6.07, 6.45) is 17.2. The van der Waals surface area contributed by atoms with Crippen LogP contribution in [0.2, 0.25) is 0 Å². The molecule has 0 saturated carbocycles. The van der Waals surface area contributed by atoms with Crippen LogP contribution >= 0.6 is 0 Å². The van der Waals surface area contributed by atoms with Gasteiger partial charge in [0.05, 0.1) is 16.9 Å². The summed E-state index contributed by atoms with van der Waals surface area (Å²) < 4.78 is 0. The zero-order valence-electron chi connectivity index (χ0n) is 16.6. The summed E-state index contributed by atoms with van der Waals surface area (Å²) >= 11 is 0. The van der Waals surface area contributed by atoms with Gasteiger partial charge in [-0.25, -0.2) is 0 Å². The smallest absolute Gasteiger partial charge is 0.0928 e. The first-order valence-electron chi connectivity index (χ1n) is 10.1. The minimum Gasteiger partial charge on any atom is -0.268 e. The number of allylic oxidation sites excluding steroid dienone is 2. The number of hydrogen-bond acceptors (Lipinski definition) is 4. The maximum absolute atomic E-state index is 5.13. The van der Waals surface area contributed by atoms with Gasteiger partial charge in [-0.05, 0) is 75.8 Å². The standard InChI is InChI=1S/C24H26N4/c1-17-7-5-6-13-25-16-20-10-11-22(27-24(17)20)19-8-3-4-9-23-21(18(2)15-19)12-14-26-28-23/h3-4,9-14,16,19H,5-8,15H2,1-2H3/b4-3-,20-16-,21-18-,23-9+,24-17+,25-13?. The molecule has 142 valence electrons. The van der Waals surface area contributed by atoms with Crippen molar-refractivity contribution in [2.75, 3.05) is 0 Å². The number of aromatic nitrogens is 3. The molecule has 1 unspecified atom stereocenters. The van der Waals surface area contributed by atoms with E-state index in [1.807, 2.05) is 12.4 Å². The van der Waals surface area contributed by atoms with Crippen molar-refractivity contribution in [3.63, 3.8) is 0 Å². The highest BCUT2D eigenvalue weighted by Crippen LogP contribution is 2.25. The molecule has 3 heterocycles. The van der Waals surface area contributed by atoms with Gasteiger partial charge in [0.25, 0.3) is 0 Å². The Hall–Kier alpha value is -2.88. The Morgan fingerprint density at radius 3 is 2.93 bits per heavy atom. The quantitative estimate of drug-likeness (QED) is 0.773. The number of rotatable bonds is 1. The number of hydrogen-bond donors (Lipinski definition) is 0. The van der Waals surface area contributed by atoms with Crippen molar-refractivity contribution in [1.82, 2.24) is 15.2 Å². The van der Waals surface area contributed by atoms with Crippen LogP contribution in [0.25, 0.3) is 23.4 Å². The Labute approximate surface area is 165 Å². The highest BCUT2D eigenvalue weighted by molar-refractivity contribution is 5.62. The second-order valence-corrected chi connectivity index (χ2v) is 7.65. The third-order valence-corrected chi connectivity index (χ3v) is 5.55. The number of nitrogens with zero attached hydrogens (tertiary/aromatic N) is 4. The predicted molar refractivity (Wildman–Crippen MR) is 115 cm³/mol. The van der Waals surface area contributed by atoms with Crippen molar-refractivity contribution in [3.05, 3.63) is 63.4 Å². The topological polar surface area (TPSA) is 51.0 Å². The predicted octanol–water partition coefficient (Wildman–Crippen LogP) is 2.12. The molecule has 4 heteroatoms. The molecule has 1 atom stereocenters. The molecule has 0 fully saturated rings. The number of pyridine rings is 1. The Kier molecular flexibility index (Phi) is 5.56. The Bertz CT molecular complexity index is 1170. The minimum atomic E-state index is 0.345. The molecule has 2 aromatic rings. The fourth-order valence-corrected chi connectivity index (χ4v) is 3.96. The monoisotopic (exact) mass is 370 g/mol. The molecule has 0 radical (unpaired) electrons. The van der Waals surface area contributed by atoms with E-state index in [1.54, 1.807) is 6.20 Å². The highest BCUT2D eigenvalue weighted by Gasteiger charge is 2.14. The van der Waals surface area contributed by atoms with Gasteiger partial charge in [-0.3, -0.25) is 9.98 Å². The molecule has 28 heavy (non-hydrogen) atoms. The summed E-state index contributed by atoms with van der Waals surface area (Å²) in [4.78, 5) is 9.58. The molecule has 0 amide bonds. The second kappa shape index (κ2) is 8.42. The van der Waals surface area contributed by atoms with Gasteiger partial charge in [-0.1, -0.05) is 17.7 Å². The average molecular weight is 371 g/mol. The van der Waals surface area contributed by atoms with E-state index < -0.39 is 0 Å². The molecule has 4 nitrogen and oxygen atoms in total. The Balaban J connectivity index is 1.81. The third kappa shape index (κ3) is 4.01. The van der Waals surface area contributed by atoms with Crippen molar-refractivity contribution in [2.24, 2.45) is 4.99 Å². The lowest BCUT2D eigenvalue weighted by Crippen LogP contribution is -2.32. The molecule has 1 aliphatic carbocycles. The summed E-state index contributed by atoms with van der Waals surface area (Å²) in [7, 11) is 0. The van der Waals surface area contributed by atoms with E-state index in [2.05, 4.69) is 65.5 Å². The van der Waals surface area contributed by atoms with Gasteiger partial charge in [0.2, 0.25) is 0 Å². The van der Waals surface area contributed by atoms with Crippen LogP contribution in [0, 0.1) is 0 Å². The second-order valence-electron chi connectivity index (χ2n) is 7.65. The molecule has 0 bridgehead atoms. The van der Waals surface area contributed by atoms with Crippen molar-refractivity contribution >= 4 is 29.6 Å². The lowest BCUT2D eigenvalue weighted by atomic mass is 9.92. The number of aliphatic imine (C=N–C) groups is 1. The van der Waals surface area contributed by atoms with Gasteiger partial charge >= 0.3 is 0 Å².